The number of nitrogens with zero attached hydrogens (tertiary/aromatic N) is 1. The number of carbonyl (C=O) groups is 1. The van der Waals surface area contributed by atoms with Crippen molar-refractivity contribution in [3.8, 4) is 16.9 Å². The molecule has 1 fully saturated rings. The molecule has 2 heterocycles. The van der Waals surface area contributed by atoms with Gasteiger partial charge in [0, 0.05) is 46.6 Å². The SMILES string of the molecule is CC(C)(C)OC(=O)N1CCC2Oc3ccc(-c4ccc(Cl)cc4Cl)cc3C2C1. The lowest BCUT2D eigenvalue weighted by molar-refractivity contribution is 0.0118. The van der Waals surface area contributed by atoms with E-state index in [4.69, 9.17) is 32.7 Å². The highest BCUT2D eigenvalue weighted by atomic mass is 35.5. The number of hydrogen-bond donors (Lipinski definition) is 0. The fourth-order valence-corrected chi connectivity index (χ4v) is 4.38. The predicted octanol–water partition coefficient (Wildman–Crippen LogP) is 6.15. The predicted molar refractivity (Wildman–Crippen MR) is 111 cm³/mol. The van der Waals surface area contributed by atoms with Gasteiger partial charge in [-0.1, -0.05) is 35.3 Å². The first-order valence-corrected chi connectivity index (χ1v) is 10.2. The molecule has 28 heavy (non-hydrogen) atoms. The van der Waals surface area contributed by atoms with E-state index in [9.17, 15) is 4.79 Å². The van der Waals surface area contributed by atoms with Crippen molar-refractivity contribution in [3.63, 3.8) is 0 Å². The summed E-state index contributed by atoms with van der Waals surface area (Å²) < 4.78 is 11.7. The number of fused-ring (bicyclic) bond motifs is 3. The van der Waals surface area contributed by atoms with Gasteiger partial charge in [-0.2, -0.15) is 0 Å². The van der Waals surface area contributed by atoms with Crippen LogP contribution < -0.4 is 4.74 Å². The summed E-state index contributed by atoms with van der Waals surface area (Å²) in [5, 5.41) is 1.22. The van der Waals surface area contributed by atoms with Crippen LogP contribution in [-0.4, -0.2) is 35.8 Å². The van der Waals surface area contributed by atoms with Gasteiger partial charge in [0.1, 0.15) is 17.5 Å². The second kappa shape index (κ2) is 7.16. The fraction of sp³-hybridized carbons (Fsp3) is 0.409. The highest BCUT2D eigenvalue weighted by molar-refractivity contribution is 6.36. The minimum atomic E-state index is -0.503. The molecule has 2 aliphatic rings. The Hall–Kier alpha value is -1.91. The van der Waals surface area contributed by atoms with E-state index in [0.29, 0.717) is 23.1 Å². The maximum absolute atomic E-state index is 12.5. The van der Waals surface area contributed by atoms with Crippen molar-refractivity contribution in [2.45, 2.75) is 44.8 Å². The Balaban J connectivity index is 1.60. The third-order valence-electron chi connectivity index (χ3n) is 5.13. The number of halogens is 2. The summed E-state index contributed by atoms with van der Waals surface area (Å²) in [5.74, 6) is 1.01. The number of benzene rings is 2. The van der Waals surface area contributed by atoms with E-state index >= 15 is 0 Å². The van der Waals surface area contributed by atoms with E-state index in [0.717, 1.165) is 28.9 Å². The molecule has 0 N–H and O–H groups in total. The first-order valence-electron chi connectivity index (χ1n) is 9.45. The molecule has 4 nitrogen and oxygen atoms in total. The van der Waals surface area contributed by atoms with Crippen LogP contribution in [0, 0.1) is 0 Å². The van der Waals surface area contributed by atoms with Crippen molar-refractivity contribution < 1.29 is 14.3 Å². The maximum atomic E-state index is 12.5. The summed E-state index contributed by atoms with van der Waals surface area (Å²) in [7, 11) is 0. The van der Waals surface area contributed by atoms with E-state index in [1.807, 2.05) is 45.0 Å². The summed E-state index contributed by atoms with van der Waals surface area (Å²) in [4.78, 5) is 14.3. The molecule has 148 valence electrons. The smallest absolute Gasteiger partial charge is 0.410 e. The van der Waals surface area contributed by atoms with Gasteiger partial charge < -0.3 is 14.4 Å². The van der Waals surface area contributed by atoms with E-state index < -0.39 is 5.60 Å². The molecule has 0 aromatic heterocycles. The second-order valence-electron chi connectivity index (χ2n) is 8.35. The molecule has 0 spiro atoms. The largest absolute Gasteiger partial charge is 0.489 e. The first-order chi connectivity index (χ1) is 13.2. The molecule has 0 radical (unpaired) electrons. The topological polar surface area (TPSA) is 38.8 Å². The van der Waals surface area contributed by atoms with Crippen LogP contribution in [0.25, 0.3) is 11.1 Å². The van der Waals surface area contributed by atoms with Crippen LogP contribution in [-0.2, 0) is 4.74 Å². The Morgan fingerprint density at radius 1 is 1.18 bits per heavy atom. The zero-order chi connectivity index (χ0) is 20.1. The molecule has 2 unspecified atom stereocenters. The minimum Gasteiger partial charge on any atom is -0.489 e. The minimum absolute atomic E-state index is 0.0876. The standard InChI is InChI=1S/C22H23Cl2NO3/c1-22(2,3)28-21(26)25-9-8-20-17(12-25)16-10-13(4-7-19(16)27-20)15-6-5-14(23)11-18(15)24/h4-7,10-11,17,20H,8-9,12H2,1-3H3. The van der Waals surface area contributed by atoms with Gasteiger partial charge >= 0.3 is 6.09 Å². The third kappa shape index (κ3) is 3.81. The van der Waals surface area contributed by atoms with Crippen molar-refractivity contribution in [1.82, 2.24) is 4.90 Å². The van der Waals surface area contributed by atoms with Gasteiger partial charge in [-0.25, -0.2) is 4.79 Å². The van der Waals surface area contributed by atoms with Gasteiger partial charge in [-0.3, -0.25) is 0 Å². The van der Waals surface area contributed by atoms with Crippen LogP contribution in [0.2, 0.25) is 10.0 Å². The van der Waals surface area contributed by atoms with Crippen molar-refractivity contribution in [1.29, 1.82) is 0 Å². The number of ether oxygens (including phenoxy) is 2. The van der Waals surface area contributed by atoms with E-state index in [1.54, 1.807) is 11.0 Å². The number of likely N-dealkylation sites (tertiary alicyclic amines) is 1. The highest BCUT2D eigenvalue weighted by Gasteiger charge is 2.41. The van der Waals surface area contributed by atoms with Crippen LogP contribution in [0.1, 0.15) is 38.7 Å². The third-order valence-corrected chi connectivity index (χ3v) is 5.68. The fourth-order valence-electron chi connectivity index (χ4n) is 3.86. The number of carbonyl (C=O) groups excluding carboxylic acids is 1. The van der Waals surface area contributed by atoms with Gasteiger partial charge in [0.05, 0.1) is 0 Å². The van der Waals surface area contributed by atoms with Crippen molar-refractivity contribution in [3.05, 3.63) is 52.0 Å². The lowest BCUT2D eigenvalue weighted by Crippen LogP contribution is -2.46. The van der Waals surface area contributed by atoms with Gasteiger partial charge in [0.15, 0.2) is 0 Å². The molecule has 2 aliphatic heterocycles. The zero-order valence-corrected chi connectivity index (χ0v) is 17.7. The Bertz CT molecular complexity index is 922. The molecular weight excluding hydrogens is 397 g/mol. The Morgan fingerprint density at radius 3 is 2.68 bits per heavy atom. The van der Waals surface area contributed by atoms with Crippen LogP contribution in [0.4, 0.5) is 4.79 Å². The van der Waals surface area contributed by atoms with E-state index in [-0.39, 0.29) is 18.1 Å². The summed E-state index contributed by atoms with van der Waals surface area (Å²) in [6.07, 6.45) is 0.608. The quantitative estimate of drug-likeness (QED) is 0.556. The molecule has 0 bridgehead atoms. The molecule has 2 aromatic carbocycles. The molecule has 0 aliphatic carbocycles. The highest BCUT2D eigenvalue weighted by Crippen LogP contribution is 2.44. The summed E-state index contributed by atoms with van der Waals surface area (Å²) in [6, 6.07) is 11.6. The molecule has 1 saturated heterocycles. The van der Waals surface area contributed by atoms with Crippen molar-refractivity contribution in [2.24, 2.45) is 0 Å². The Kier molecular flexibility index (Phi) is 4.96. The number of piperidine rings is 1. The van der Waals surface area contributed by atoms with Gasteiger partial charge in [-0.15, -0.1) is 0 Å². The van der Waals surface area contributed by atoms with Gasteiger partial charge in [0.2, 0.25) is 0 Å². The second-order valence-corrected chi connectivity index (χ2v) is 9.20. The molecule has 2 aromatic rings. The molecule has 2 atom stereocenters. The van der Waals surface area contributed by atoms with Crippen molar-refractivity contribution in [2.75, 3.05) is 13.1 Å². The molecule has 1 amide bonds. The first kappa shape index (κ1) is 19.4. The van der Waals surface area contributed by atoms with Crippen molar-refractivity contribution >= 4 is 29.3 Å². The molecule has 4 rings (SSSR count). The van der Waals surface area contributed by atoms with Crippen LogP contribution in [0.5, 0.6) is 5.75 Å². The summed E-state index contributed by atoms with van der Waals surface area (Å²) in [5.41, 5.74) is 2.55. The number of amides is 1. The van der Waals surface area contributed by atoms with E-state index in [2.05, 4.69) is 6.07 Å². The number of rotatable bonds is 1. The molecule has 6 heteroatoms. The molecule has 0 saturated carbocycles. The Labute approximate surface area is 175 Å². The zero-order valence-electron chi connectivity index (χ0n) is 16.2. The summed E-state index contributed by atoms with van der Waals surface area (Å²) >= 11 is 12.4. The normalized spacial score (nSPS) is 21.0. The van der Waals surface area contributed by atoms with Gasteiger partial charge in [-0.05, 0) is 50.6 Å². The van der Waals surface area contributed by atoms with Crippen LogP contribution in [0.15, 0.2) is 36.4 Å². The average Bonchev–Trinajstić information content (AvgIpc) is 2.97. The lowest BCUT2D eigenvalue weighted by atomic mass is 9.88. The Morgan fingerprint density at radius 2 is 1.96 bits per heavy atom. The van der Waals surface area contributed by atoms with E-state index in [1.165, 1.54) is 0 Å². The van der Waals surface area contributed by atoms with Crippen LogP contribution >= 0.6 is 23.2 Å². The summed E-state index contributed by atoms with van der Waals surface area (Å²) in [6.45, 7) is 6.87. The number of hydrogen-bond acceptors (Lipinski definition) is 3. The molecular formula is C22H23Cl2NO3. The lowest BCUT2D eigenvalue weighted by Gasteiger charge is -2.35. The van der Waals surface area contributed by atoms with Crippen LogP contribution in [0.3, 0.4) is 0 Å². The monoisotopic (exact) mass is 419 g/mol. The maximum Gasteiger partial charge on any atom is 0.410 e. The average molecular weight is 420 g/mol. The van der Waals surface area contributed by atoms with Gasteiger partial charge in [0.25, 0.3) is 0 Å².